The molecule has 2 saturated heterocycles. The molecule has 2 aliphatic heterocycles. The minimum absolute atomic E-state index is 0.445. The van der Waals surface area contributed by atoms with E-state index in [0.717, 1.165) is 26.2 Å². The molecule has 17 heavy (non-hydrogen) atoms. The molecule has 1 aromatic heterocycles. The molecule has 0 spiro atoms. The third kappa shape index (κ3) is 2.33. The number of morpholine rings is 1. The van der Waals surface area contributed by atoms with Crippen molar-refractivity contribution in [1.82, 2.24) is 14.7 Å². The number of nitriles is 1. The molecule has 2 unspecified atom stereocenters. The molecule has 0 radical (unpaired) electrons. The number of hydrogen-bond acceptors (Lipinski definition) is 4. The van der Waals surface area contributed by atoms with Gasteiger partial charge in [0.15, 0.2) is 0 Å². The molecule has 2 bridgehead atoms. The second-order valence-corrected chi connectivity index (χ2v) is 4.82. The number of rotatable bonds is 3. The van der Waals surface area contributed by atoms with E-state index in [4.69, 9.17) is 10.00 Å². The van der Waals surface area contributed by atoms with Crippen LogP contribution in [0, 0.1) is 11.3 Å². The van der Waals surface area contributed by atoms with Crippen molar-refractivity contribution < 1.29 is 4.74 Å². The summed E-state index contributed by atoms with van der Waals surface area (Å²) in [5.74, 6) is 0. The molecule has 5 heteroatoms. The number of likely N-dealkylation sites (tertiary alicyclic amines) is 1. The average Bonchev–Trinajstić information content (AvgIpc) is 2.93. The lowest BCUT2D eigenvalue weighted by Gasteiger charge is -2.31. The van der Waals surface area contributed by atoms with Gasteiger partial charge in [0.25, 0.3) is 0 Å². The summed E-state index contributed by atoms with van der Waals surface area (Å²) in [6, 6.07) is 2.09. The Balaban J connectivity index is 1.53. The van der Waals surface area contributed by atoms with E-state index in [1.165, 1.54) is 12.8 Å². The van der Waals surface area contributed by atoms with Crippen LogP contribution in [-0.2, 0) is 11.3 Å². The second kappa shape index (κ2) is 4.47. The largest absolute Gasteiger partial charge is 0.372 e. The predicted octanol–water partition coefficient (Wildman–Crippen LogP) is 0.618. The molecular formula is C12H16N4O. The van der Waals surface area contributed by atoms with Crippen LogP contribution in [0.15, 0.2) is 12.4 Å². The van der Waals surface area contributed by atoms with Gasteiger partial charge in [0, 0.05) is 25.8 Å². The smallest absolute Gasteiger partial charge is 0.102 e. The standard InChI is InChI=1S/C12H16N4O/c13-5-10-6-14-16(7-10)4-3-15-8-11-1-2-12(9-15)17-11/h6-7,11-12H,1-4,8-9H2. The van der Waals surface area contributed by atoms with Crippen molar-refractivity contribution in [2.24, 2.45) is 0 Å². The van der Waals surface area contributed by atoms with Gasteiger partial charge in [0.1, 0.15) is 6.07 Å². The van der Waals surface area contributed by atoms with Gasteiger partial charge < -0.3 is 4.74 Å². The van der Waals surface area contributed by atoms with Gasteiger partial charge in [-0.05, 0) is 12.8 Å². The molecule has 0 aromatic carbocycles. The monoisotopic (exact) mass is 232 g/mol. The minimum atomic E-state index is 0.445. The summed E-state index contributed by atoms with van der Waals surface area (Å²) in [5, 5.41) is 12.9. The van der Waals surface area contributed by atoms with Crippen LogP contribution in [0.1, 0.15) is 18.4 Å². The Labute approximate surface area is 101 Å². The Bertz CT molecular complexity index is 424. The SMILES string of the molecule is N#Cc1cnn(CCN2CC3CCC(C2)O3)c1. The Kier molecular flexibility index (Phi) is 2.83. The fraction of sp³-hybridized carbons (Fsp3) is 0.667. The zero-order chi connectivity index (χ0) is 11.7. The topological polar surface area (TPSA) is 54.1 Å². The van der Waals surface area contributed by atoms with Gasteiger partial charge in [-0.25, -0.2) is 0 Å². The first-order valence-electron chi connectivity index (χ1n) is 6.14. The summed E-state index contributed by atoms with van der Waals surface area (Å²) >= 11 is 0. The first-order chi connectivity index (χ1) is 8.33. The molecule has 3 heterocycles. The Morgan fingerprint density at radius 1 is 1.35 bits per heavy atom. The number of hydrogen-bond donors (Lipinski definition) is 0. The van der Waals surface area contributed by atoms with E-state index in [0.29, 0.717) is 17.8 Å². The van der Waals surface area contributed by atoms with E-state index in [1.807, 2.05) is 4.68 Å². The van der Waals surface area contributed by atoms with Crippen LogP contribution in [0.2, 0.25) is 0 Å². The molecular weight excluding hydrogens is 216 g/mol. The number of fused-ring (bicyclic) bond motifs is 2. The summed E-state index contributed by atoms with van der Waals surface area (Å²) in [5.41, 5.74) is 0.632. The quantitative estimate of drug-likeness (QED) is 0.766. The first-order valence-corrected chi connectivity index (χ1v) is 6.14. The number of nitrogens with zero attached hydrogens (tertiary/aromatic N) is 4. The molecule has 90 valence electrons. The summed E-state index contributed by atoms with van der Waals surface area (Å²) in [4.78, 5) is 2.44. The Morgan fingerprint density at radius 3 is 2.76 bits per heavy atom. The molecule has 0 N–H and O–H groups in total. The van der Waals surface area contributed by atoms with Gasteiger partial charge in [-0.3, -0.25) is 9.58 Å². The predicted molar refractivity (Wildman–Crippen MR) is 61.3 cm³/mol. The second-order valence-electron chi connectivity index (χ2n) is 4.82. The summed E-state index contributed by atoms with van der Waals surface area (Å²) < 4.78 is 7.64. The van der Waals surface area contributed by atoms with Gasteiger partial charge in [-0.1, -0.05) is 0 Å². The maximum Gasteiger partial charge on any atom is 0.102 e. The molecule has 0 aliphatic carbocycles. The molecule has 2 atom stereocenters. The third-order valence-corrected chi connectivity index (χ3v) is 3.53. The summed E-state index contributed by atoms with van der Waals surface area (Å²) in [7, 11) is 0. The van der Waals surface area contributed by atoms with E-state index < -0.39 is 0 Å². The molecule has 1 aromatic rings. The van der Waals surface area contributed by atoms with E-state index in [1.54, 1.807) is 12.4 Å². The van der Waals surface area contributed by atoms with E-state index in [-0.39, 0.29) is 0 Å². The molecule has 3 rings (SSSR count). The lowest BCUT2D eigenvalue weighted by atomic mass is 10.2. The number of aromatic nitrogens is 2. The fourth-order valence-corrected chi connectivity index (χ4v) is 2.67. The van der Waals surface area contributed by atoms with Crippen molar-refractivity contribution in [1.29, 1.82) is 5.26 Å². The molecule has 0 amide bonds. The van der Waals surface area contributed by atoms with Crippen LogP contribution >= 0.6 is 0 Å². The third-order valence-electron chi connectivity index (χ3n) is 3.53. The van der Waals surface area contributed by atoms with Gasteiger partial charge >= 0.3 is 0 Å². The highest BCUT2D eigenvalue weighted by molar-refractivity contribution is 5.21. The fourth-order valence-electron chi connectivity index (χ4n) is 2.67. The van der Waals surface area contributed by atoms with Gasteiger partial charge in [0.2, 0.25) is 0 Å². The first kappa shape index (κ1) is 10.8. The molecule has 2 fully saturated rings. The van der Waals surface area contributed by atoms with Crippen LogP contribution in [0.25, 0.3) is 0 Å². The summed E-state index contributed by atoms with van der Waals surface area (Å²) in [6.45, 7) is 3.93. The molecule has 2 aliphatic rings. The van der Waals surface area contributed by atoms with Gasteiger partial charge in [-0.15, -0.1) is 0 Å². The van der Waals surface area contributed by atoms with Crippen LogP contribution in [0.3, 0.4) is 0 Å². The van der Waals surface area contributed by atoms with Crippen LogP contribution in [-0.4, -0.2) is 46.5 Å². The van der Waals surface area contributed by atoms with Crippen molar-refractivity contribution in [3.63, 3.8) is 0 Å². The normalized spacial score (nSPS) is 28.2. The number of ether oxygens (including phenoxy) is 1. The highest BCUT2D eigenvalue weighted by atomic mass is 16.5. The van der Waals surface area contributed by atoms with Gasteiger partial charge in [0.05, 0.1) is 30.5 Å². The van der Waals surface area contributed by atoms with Crippen LogP contribution < -0.4 is 0 Å². The maximum absolute atomic E-state index is 8.72. The maximum atomic E-state index is 8.72. The lowest BCUT2D eigenvalue weighted by molar-refractivity contribution is -0.0392. The highest BCUT2D eigenvalue weighted by Gasteiger charge is 2.33. The molecule has 5 nitrogen and oxygen atoms in total. The van der Waals surface area contributed by atoms with Crippen molar-refractivity contribution in [3.05, 3.63) is 18.0 Å². The van der Waals surface area contributed by atoms with Crippen LogP contribution in [0.5, 0.6) is 0 Å². The van der Waals surface area contributed by atoms with Crippen LogP contribution in [0.4, 0.5) is 0 Å². The Hall–Kier alpha value is -1.38. The zero-order valence-corrected chi connectivity index (χ0v) is 9.75. The van der Waals surface area contributed by atoms with E-state index in [9.17, 15) is 0 Å². The lowest BCUT2D eigenvalue weighted by Crippen LogP contribution is -2.43. The van der Waals surface area contributed by atoms with Crippen molar-refractivity contribution >= 4 is 0 Å². The highest BCUT2D eigenvalue weighted by Crippen LogP contribution is 2.25. The van der Waals surface area contributed by atoms with E-state index >= 15 is 0 Å². The van der Waals surface area contributed by atoms with Crippen molar-refractivity contribution in [2.75, 3.05) is 19.6 Å². The minimum Gasteiger partial charge on any atom is -0.372 e. The Morgan fingerprint density at radius 2 is 2.12 bits per heavy atom. The average molecular weight is 232 g/mol. The van der Waals surface area contributed by atoms with Crippen molar-refractivity contribution in [2.45, 2.75) is 31.6 Å². The van der Waals surface area contributed by atoms with E-state index in [2.05, 4.69) is 16.1 Å². The zero-order valence-electron chi connectivity index (χ0n) is 9.75. The summed E-state index contributed by atoms with van der Waals surface area (Å²) in [6.07, 6.45) is 6.73. The van der Waals surface area contributed by atoms with Crippen molar-refractivity contribution in [3.8, 4) is 6.07 Å². The molecule has 0 saturated carbocycles. The van der Waals surface area contributed by atoms with Gasteiger partial charge in [-0.2, -0.15) is 10.4 Å².